The van der Waals surface area contributed by atoms with Crippen LogP contribution in [0.5, 0.6) is 0 Å². The highest BCUT2D eigenvalue weighted by atomic mass is 32.3. The van der Waals surface area contributed by atoms with Crippen molar-refractivity contribution in [1.82, 2.24) is 4.13 Å². The molecule has 11 heavy (non-hydrogen) atoms. The topological polar surface area (TPSA) is 80.3 Å². The quantitative estimate of drug-likeness (QED) is 0.544. The van der Waals surface area contributed by atoms with E-state index in [1.807, 2.05) is 0 Å². The van der Waals surface area contributed by atoms with E-state index in [1.165, 1.54) is 0 Å². The summed E-state index contributed by atoms with van der Waals surface area (Å²) in [5, 5.41) is 0. The van der Waals surface area contributed by atoms with Crippen molar-refractivity contribution in [3.8, 4) is 0 Å². The fraction of sp³-hybridized carbons (Fsp3) is 1.00. The second-order valence-electron chi connectivity index (χ2n) is 2.43. The van der Waals surface area contributed by atoms with Gasteiger partial charge in [-0.1, -0.05) is 0 Å². The average Bonchev–Trinajstić information content (AvgIpc) is 1.86. The van der Waals surface area contributed by atoms with Crippen LogP contribution in [0.25, 0.3) is 0 Å². The molecule has 0 saturated carbocycles. The van der Waals surface area contributed by atoms with E-state index in [4.69, 9.17) is 0 Å². The fourth-order valence-electron chi connectivity index (χ4n) is 0.861. The lowest BCUT2D eigenvalue weighted by atomic mass is 10.4. The van der Waals surface area contributed by atoms with E-state index in [0.29, 0.717) is 12.8 Å². The monoisotopic (exact) mass is 199 g/mol. The van der Waals surface area contributed by atoms with Crippen LogP contribution in [0.15, 0.2) is 0 Å². The summed E-state index contributed by atoms with van der Waals surface area (Å²) in [7, 11) is -7.13. The van der Waals surface area contributed by atoms with Crippen molar-refractivity contribution in [2.75, 3.05) is 11.5 Å². The van der Waals surface area contributed by atoms with E-state index in [9.17, 15) is 16.8 Å². The van der Waals surface area contributed by atoms with E-state index in [-0.39, 0.29) is 11.5 Å². The number of hydrogen-bond donors (Lipinski definition) is 1. The van der Waals surface area contributed by atoms with Gasteiger partial charge in [0, 0.05) is 0 Å². The Kier molecular flexibility index (Phi) is 2.22. The molecule has 1 fully saturated rings. The zero-order valence-corrected chi connectivity index (χ0v) is 7.41. The Morgan fingerprint density at radius 2 is 1.18 bits per heavy atom. The van der Waals surface area contributed by atoms with Gasteiger partial charge in [0.2, 0.25) is 20.0 Å². The molecule has 1 heterocycles. The van der Waals surface area contributed by atoms with Crippen LogP contribution in [-0.4, -0.2) is 28.3 Å². The molecule has 0 amide bonds. The first-order chi connectivity index (χ1) is 4.91. The molecule has 0 unspecified atom stereocenters. The molecule has 0 bridgehead atoms. The zero-order valence-electron chi connectivity index (χ0n) is 5.78. The van der Waals surface area contributed by atoms with Crippen molar-refractivity contribution < 1.29 is 16.8 Å². The van der Waals surface area contributed by atoms with E-state index in [1.54, 1.807) is 4.13 Å². The molecule has 7 heteroatoms. The first kappa shape index (κ1) is 8.95. The van der Waals surface area contributed by atoms with Crippen molar-refractivity contribution in [2.45, 2.75) is 12.8 Å². The lowest BCUT2D eigenvalue weighted by Crippen LogP contribution is -2.31. The lowest BCUT2D eigenvalue weighted by Gasteiger charge is -1.99. The van der Waals surface area contributed by atoms with Crippen molar-refractivity contribution in [1.29, 1.82) is 0 Å². The van der Waals surface area contributed by atoms with Crippen LogP contribution in [-0.2, 0) is 20.0 Å². The van der Waals surface area contributed by atoms with E-state index >= 15 is 0 Å². The highest BCUT2D eigenvalue weighted by Gasteiger charge is 2.23. The normalized spacial score (nSPS) is 29.1. The Bertz CT molecular complexity index is 293. The number of hydrogen-bond acceptors (Lipinski definition) is 4. The maximum Gasteiger partial charge on any atom is 0.224 e. The summed E-state index contributed by atoms with van der Waals surface area (Å²) < 4.78 is 44.8. The number of sulfonamides is 2. The summed E-state index contributed by atoms with van der Waals surface area (Å²) in [6, 6.07) is 0. The molecule has 1 aliphatic heterocycles. The van der Waals surface area contributed by atoms with E-state index in [0.717, 1.165) is 0 Å². The van der Waals surface area contributed by atoms with E-state index < -0.39 is 20.0 Å². The summed E-state index contributed by atoms with van der Waals surface area (Å²) in [4.78, 5) is 0. The molecule has 5 nitrogen and oxygen atoms in total. The standard InChI is InChI=1S/C4H9NO4S2/c6-10(7)3-1-2-4-11(8,9)5-10/h5H,1-4H2. The molecule has 1 rings (SSSR count). The van der Waals surface area contributed by atoms with Gasteiger partial charge >= 0.3 is 0 Å². The number of nitrogens with one attached hydrogen (secondary N) is 1. The Morgan fingerprint density at radius 1 is 0.818 bits per heavy atom. The Morgan fingerprint density at radius 3 is 1.55 bits per heavy atom. The van der Waals surface area contributed by atoms with Gasteiger partial charge in [-0.3, -0.25) is 0 Å². The third kappa shape index (κ3) is 2.76. The van der Waals surface area contributed by atoms with Crippen molar-refractivity contribution in [3.05, 3.63) is 0 Å². The fourth-order valence-corrected chi connectivity index (χ4v) is 4.24. The molecule has 1 N–H and O–H groups in total. The molecule has 1 aliphatic rings. The second kappa shape index (κ2) is 2.72. The Balaban J connectivity index is 2.96. The van der Waals surface area contributed by atoms with Crippen LogP contribution < -0.4 is 4.13 Å². The highest BCUT2D eigenvalue weighted by molar-refractivity contribution is 8.04. The third-order valence-corrected chi connectivity index (χ3v) is 5.01. The minimum Gasteiger partial charge on any atom is -0.211 e. The summed E-state index contributed by atoms with van der Waals surface area (Å²) in [5.41, 5.74) is 0. The molecule has 66 valence electrons. The van der Waals surface area contributed by atoms with Crippen LogP contribution in [0, 0.1) is 0 Å². The Labute approximate surface area is 65.9 Å². The van der Waals surface area contributed by atoms with Gasteiger partial charge in [0.1, 0.15) is 0 Å². The van der Waals surface area contributed by atoms with Gasteiger partial charge in [-0.25, -0.2) is 16.8 Å². The first-order valence-electron chi connectivity index (χ1n) is 3.15. The molecule has 0 spiro atoms. The van der Waals surface area contributed by atoms with Crippen molar-refractivity contribution >= 4 is 20.0 Å². The average molecular weight is 199 g/mol. The molecule has 1 saturated heterocycles. The summed E-state index contributed by atoms with van der Waals surface area (Å²) >= 11 is 0. The minimum atomic E-state index is -3.56. The SMILES string of the molecule is O=S1(=O)CCCCS(=O)(=O)N1. The maximum atomic E-state index is 10.8. The molecule has 0 aromatic heterocycles. The first-order valence-corrected chi connectivity index (χ1v) is 6.46. The predicted octanol–water partition coefficient (Wildman–Crippen LogP) is -0.971. The van der Waals surface area contributed by atoms with Crippen LogP contribution in [0.4, 0.5) is 0 Å². The molecule has 0 radical (unpaired) electrons. The van der Waals surface area contributed by atoms with Crippen LogP contribution in [0.2, 0.25) is 0 Å². The molecule has 0 aromatic carbocycles. The minimum absolute atomic E-state index is 0.0910. The van der Waals surface area contributed by atoms with Gasteiger partial charge in [0.15, 0.2) is 0 Å². The van der Waals surface area contributed by atoms with Crippen molar-refractivity contribution in [2.24, 2.45) is 0 Å². The summed E-state index contributed by atoms with van der Waals surface area (Å²) in [6.07, 6.45) is 0.823. The van der Waals surface area contributed by atoms with E-state index in [2.05, 4.69) is 0 Å². The summed E-state index contributed by atoms with van der Waals surface area (Å²) in [5.74, 6) is -0.182. The van der Waals surface area contributed by atoms with Gasteiger partial charge in [-0.05, 0) is 12.8 Å². The number of rotatable bonds is 0. The van der Waals surface area contributed by atoms with Crippen LogP contribution in [0.1, 0.15) is 12.8 Å². The van der Waals surface area contributed by atoms with Gasteiger partial charge in [-0.2, -0.15) is 0 Å². The van der Waals surface area contributed by atoms with Crippen molar-refractivity contribution in [3.63, 3.8) is 0 Å². The second-order valence-corrected chi connectivity index (χ2v) is 6.37. The highest BCUT2D eigenvalue weighted by Crippen LogP contribution is 2.04. The largest absolute Gasteiger partial charge is 0.224 e. The molecular weight excluding hydrogens is 190 g/mol. The molecule has 0 atom stereocenters. The molecular formula is C4H9NO4S2. The molecule has 0 aliphatic carbocycles. The zero-order chi connectivity index (χ0) is 8.54. The Hall–Kier alpha value is -0.140. The third-order valence-electron chi connectivity index (χ3n) is 1.33. The van der Waals surface area contributed by atoms with Gasteiger partial charge in [-0.15, -0.1) is 4.13 Å². The predicted molar refractivity (Wildman–Crippen MR) is 39.9 cm³/mol. The lowest BCUT2D eigenvalue weighted by molar-refractivity contribution is 0.580. The molecule has 0 aromatic rings. The van der Waals surface area contributed by atoms with Crippen LogP contribution >= 0.6 is 0 Å². The maximum absolute atomic E-state index is 10.8. The van der Waals surface area contributed by atoms with Crippen LogP contribution in [0.3, 0.4) is 0 Å². The summed E-state index contributed by atoms with van der Waals surface area (Å²) in [6.45, 7) is 0. The van der Waals surface area contributed by atoms with Gasteiger partial charge < -0.3 is 0 Å². The van der Waals surface area contributed by atoms with Gasteiger partial charge in [0.05, 0.1) is 11.5 Å². The van der Waals surface area contributed by atoms with Gasteiger partial charge in [0.25, 0.3) is 0 Å². The smallest absolute Gasteiger partial charge is 0.211 e.